The molecule has 1 amide bonds. The lowest BCUT2D eigenvalue weighted by Gasteiger charge is -2.06. The first-order chi connectivity index (χ1) is 12.3. The van der Waals surface area contributed by atoms with Crippen LogP contribution in [0, 0.1) is 0 Å². The number of benzene rings is 2. The molecule has 5 heteroatoms. The van der Waals surface area contributed by atoms with E-state index in [-0.39, 0.29) is 5.91 Å². The van der Waals surface area contributed by atoms with E-state index in [0.717, 1.165) is 21.7 Å². The molecule has 0 saturated carbocycles. The second kappa shape index (κ2) is 6.75. The molecule has 0 spiro atoms. The Balaban J connectivity index is 1.54. The Kier molecular flexibility index (Phi) is 4.14. The van der Waals surface area contributed by atoms with E-state index in [1.54, 1.807) is 23.6 Å². The molecule has 4 nitrogen and oxygen atoms in total. The lowest BCUT2D eigenvalue weighted by Crippen LogP contribution is -2.11. The number of hydrogen-bond donors (Lipinski definition) is 1. The van der Waals surface area contributed by atoms with Gasteiger partial charge in [-0.25, -0.2) is 4.98 Å². The fourth-order valence-corrected chi connectivity index (χ4v) is 3.22. The standard InChI is InChI=1S/C20H14N2O2S/c23-19(18-17(10-12-24-18)14-4-2-1-3-5-14)22-16-8-6-15(7-9-16)20-21-11-13-25-20/h1-13H,(H,22,23). The predicted molar refractivity (Wildman–Crippen MR) is 99.6 cm³/mol. The third-order valence-corrected chi connectivity index (χ3v) is 4.60. The van der Waals surface area contributed by atoms with E-state index in [4.69, 9.17) is 4.42 Å². The molecule has 0 fully saturated rings. The van der Waals surface area contributed by atoms with Crippen molar-refractivity contribution in [3.8, 4) is 21.7 Å². The van der Waals surface area contributed by atoms with Crippen molar-refractivity contribution in [1.82, 2.24) is 4.98 Å². The van der Waals surface area contributed by atoms with Crippen molar-refractivity contribution in [3.05, 3.63) is 84.3 Å². The highest BCUT2D eigenvalue weighted by atomic mass is 32.1. The fraction of sp³-hybridized carbons (Fsp3) is 0. The van der Waals surface area contributed by atoms with Crippen LogP contribution in [0.15, 0.2) is 82.9 Å². The summed E-state index contributed by atoms with van der Waals surface area (Å²) in [6.07, 6.45) is 3.31. The molecule has 2 aromatic heterocycles. The number of carbonyl (C=O) groups is 1. The Morgan fingerprint density at radius 2 is 1.76 bits per heavy atom. The number of nitrogens with one attached hydrogen (secondary N) is 1. The Morgan fingerprint density at radius 3 is 2.48 bits per heavy atom. The minimum atomic E-state index is -0.272. The molecule has 2 aromatic carbocycles. The number of thiazole rings is 1. The summed E-state index contributed by atoms with van der Waals surface area (Å²) in [7, 11) is 0. The first kappa shape index (κ1) is 15.4. The molecule has 2 heterocycles. The van der Waals surface area contributed by atoms with Crippen LogP contribution in [0.25, 0.3) is 21.7 Å². The van der Waals surface area contributed by atoms with Gasteiger partial charge in [0.2, 0.25) is 0 Å². The molecule has 25 heavy (non-hydrogen) atoms. The van der Waals surface area contributed by atoms with Gasteiger partial charge in [-0.15, -0.1) is 11.3 Å². The van der Waals surface area contributed by atoms with Crippen LogP contribution in [-0.4, -0.2) is 10.9 Å². The molecule has 4 aromatic rings. The smallest absolute Gasteiger partial charge is 0.292 e. The number of hydrogen-bond acceptors (Lipinski definition) is 4. The largest absolute Gasteiger partial charge is 0.459 e. The maximum absolute atomic E-state index is 12.6. The van der Waals surface area contributed by atoms with Crippen LogP contribution in [-0.2, 0) is 0 Å². The van der Waals surface area contributed by atoms with Gasteiger partial charge in [-0.2, -0.15) is 0 Å². The Labute approximate surface area is 148 Å². The molecule has 0 bridgehead atoms. The average Bonchev–Trinajstić information content (AvgIpc) is 3.35. The van der Waals surface area contributed by atoms with Crippen LogP contribution in [0.1, 0.15) is 10.6 Å². The molecule has 0 unspecified atom stereocenters. The molecule has 0 saturated heterocycles. The summed E-state index contributed by atoms with van der Waals surface area (Å²) in [6.45, 7) is 0. The summed E-state index contributed by atoms with van der Waals surface area (Å²) in [5.41, 5.74) is 3.45. The number of carbonyl (C=O) groups excluding carboxylic acids is 1. The quantitative estimate of drug-likeness (QED) is 0.544. The van der Waals surface area contributed by atoms with E-state index in [9.17, 15) is 4.79 Å². The number of rotatable bonds is 4. The zero-order chi connectivity index (χ0) is 17.1. The molecule has 0 aliphatic rings. The maximum atomic E-state index is 12.6. The number of aromatic nitrogens is 1. The minimum absolute atomic E-state index is 0.272. The van der Waals surface area contributed by atoms with Gasteiger partial charge in [0.05, 0.1) is 6.26 Å². The van der Waals surface area contributed by atoms with Gasteiger partial charge in [0.1, 0.15) is 5.01 Å². The Bertz CT molecular complexity index is 974. The minimum Gasteiger partial charge on any atom is -0.459 e. The van der Waals surface area contributed by atoms with Crippen molar-refractivity contribution >= 4 is 22.9 Å². The summed E-state index contributed by atoms with van der Waals surface area (Å²) in [6, 6.07) is 19.1. The topological polar surface area (TPSA) is 55.1 Å². The first-order valence-corrected chi connectivity index (χ1v) is 8.63. The van der Waals surface area contributed by atoms with Gasteiger partial charge in [-0.05, 0) is 35.9 Å². The van der Waals surface area contributed by atoms with Crippen LogP contribution < -0.4 is 5.32 Å². The number of furan rings is 1. The van der Waals surface area contributed by atoms with Crippen molar-refractivity contribution in [3.63, 3.8) is 0 Å². The van der Waals surface area contributed by atoms with Gasteiger partial charge in [0, 0.05) is 28.4 Å². The molecular weight excluding hydrogens is 332 g/mol. The van der Waals surface area contributed by atoms with Gasteiger partial charge in [-0.3, -0.25) is 4.79 Å². The van der Waals surface area contributed by atoms with Gasteiger partial charge >= 0.3 is 0 Å². The van der Waals surface area contributed by atoms with Crippen LogP contribution in [0.5, 0.6) is 0 Å². The second-order valence-corrected chi connectivity index (χ2v) is 6.29. The zero-order valence-electron chi connectivity index (χ0n) is 13.2. The van der Waals surface area contributed by atoms with Crippen molar-refractivity contribution in [2.75, 3.05) is 5.32 Å². The Morgan fingerprint density at radius 1 is 0.960 bits per heavy atom. The fourth-order valence-electron chi connectivity index (χ4n) is 2.58. The molecule has 0 atom stereocenters. The molecule has 0 radical (unpaired) electrons. The number of amides is 1. The molecule has 1 N–H and O–H groups in total. The van der Waals surface area contributed by atoms with E-state index >= 15 is 0 Å². The summed E-state index contributed by atoms with van der Waals surface area (Å²) in [5, 5.41) is 5.77. The lowest BCUT2D eigenvalue weighted by atomic mass is 10.1. The third-order valence-electron chi connectivity index (χ3n) is 3.78. The molecule has 4 rings (SSSR count). The monoisotopic (exact) mass is 346 g/mol. The van der Waals surface area contributed by atoms with E-state index in [1.165, 1.54) is 6.26 Å². The van der Waals surface area contributed by atoms with Gasteiger partial charge in [0.15, 0.2) is 5.76 Å². The normalized spacial score (nSPS) is 10.6. The van der Waals surface area contributed by atoms with Crippen LogP contribution in [0.2, 0.25) is 0 Å². The highest BCUT2D eigenvalue weighted by Crippen LogP contribution is 2.26. The van der Waals surface area contributed by atoms with Crippen molar-refractivity contribution in [2.45, 2.75) is 0 Å². The summed E-state index contributed by atoms with van der Waals surface area (Å²) in [5.74, 6) is 0.0288. The third kappa shape index (κ3) is 3.22. The van der Waals surface area contributed by atoms with E-state index in [0.29, 0.717) is 11.4 Å². The highest BCUT2D eigenvalue weighted by Gasteiger charge is 2.16. The maximum Gasteiger partial charge on any atom is 0.292 e. The summed E-state index contributed by atoms with van der Waals surface area (Å²) in [4.78, 5) is 16.8. The lowest BCUT2D eigenvalue weighted by molar-refractivity contribution is 0.0997. The number of nitrogens with zero attached hydrogens (tertiary/aromatic N) is 1. The molecule has 0 aliphatic carbocycles. The van der Waals surface area contributed by atoms with E-state index < -0.39 is 0 Å². The average molecular weight is 346 g/mol. The Hall–Kier alpha value is -3.18. The van der Waals surface area contributed by atoms with Gasteiger partial charge < -0.3 is 9.73 Å². The SMILES string of the molecule is O=C(Nc1ccc(-c2nccs2)cc1)c1occc1-c1ccccc1. The summed E-state index contributed by atoms with van der Waals surface area (Å²) >= 11 is 1.58. The first-order valence-electron chi connectivity index (χ1n) is 7.75. The van der Waals surface area contributed by atoms with Crippen LogP contribution in [0.3, 0.4) is 0 Å². The number of anilines is 1. The highest BCUT2D eigenvalue weighted by molar-refractivity contribution is 7.13. The van der Waals surface area contributed by atoms with E-state index in [2.05, 4.69) is 10.3 Å². The predicted octanol–water partition coefficient (Wildman–Crippen LogP) is 5.32. The van der Waals surface area contributed by atoms with Crippen LogP contribution in [0.4, 0.5) is 5.69 Å². The van der Waals surface area contributed by atoms with E-state index in [1.807, 2.05) is 60.0 Å². The van der Waals surface area contributed by atoms with Gasteiger partial charge in [-0.1, -0.05) is 30.3 Å². The van der Waals surface area contributed by atoms with Gasteiger partial charge in [0.25, 0.3) is 5.91 Å². The molecular formula is C20H14N2O2S. The van der Waals surface area contributed by atoms with Crippen LogP contribution >= 0.6 is 11.3 Å². The summed E-state index contributed by atoms with van der Waals surface area (Å²) < 4.78 is 5.42. The zero-order valence-corrected chi connectivity index (χ0v) is 14.0. The molecule has 122 valence electrons. The van der Waals surface area contributed by atoms with Crippen molar-refractivity contribution < 1.29 is 9.21 Å². The molecule has 0 aliphatic heterocycles. The van der Waals surface area contributed by atoms with Crippen molar-refractivity contribution in [2.24, 2.45) is 0 Å². The second-order valence-electron chi connectivity index (χ2n) is 5.40. The van der Waals surface area contributed by atoms with Crippen molar-refractivity contribution in [1.29, 1.82) is 0 Å².